The van der Waals surface area contributed by atoms with Gasteiger partial charge in [-0.05, 0) is 140 Å². The standard InChI is InChI=1S/C60H50N4/c1-6-20-45(21-7-1)46-36-38-51(39-37-46)62(49-26-12-4-13-27-49)53-31-19-33-55(43-53)63(54-32-18-30-52(42-54)61(47-22-8-2-9-23-47)48-24-10-3-11-25-48)56-40-41-58-57-34-16-17-35-59(57)64(60(58)44-56)50-28-14-5-15-29-50/h2-5,8-19,22-45H,1,6-7,20-21H2. The van der Waals surface area contributed by atoms with Crippen LogP contribution < -0.4 is 14.7 Å². The van der Waals surface area contributed by atoms with Crippen molar-refractivity contribution >= 4 is 73.0 Å². The van der Waals surface area contributed by atoms with Gasteiger partial charge in [0.25, 0.3) is 0 Å². The maximum Gasteiger partial charge on any atom is 0.0561 e. The lowest BCUT2D eigenvalue weighted by Gasteiger charge is -2.31. The molecule has 0 saturated heterocycles. The molecule has 11 rings (SSSR count). The van der Waals surface area contributed by atoms with Crippen molar-refractivity contribution in [1.29, 1.82) is 0 Å². The van der Waals surface area contributed by atoms with Crippen molar-refractivity contribution in [2.45, 2.75) is 38.0 Å². The summed E-state index contributed by atoms with van der Waals surface area (Å²) < 4.78 is 2.40. The fourth-order valence-electron chi connectivity index (χ4n) is 9.90. The maximum atomic E-state index is 2.42. The zero-order chi connectivity index (χ0) is 42.7. The third kappa shape index (κ3) is 7.58. The fraction of sp³-hybridized carbons (Fsp3) is 0.100. The van der Waals surface area contributed by atoms with E-state index in [0.717, 1.165) is 62.4 Å². The predicted octanol–water partition coefficient (Wildman–Crippen LogP) is 17.2. The predicted molar refractivity (Wildman–Crippen MR) is 271 cm³/mol. The molecule has 0 N–H and O–H groups in total. The highest BCUT2D eigenvalue weighted by Crippen LogP contribution is 2.45. The summed E-state index contributed by atoms with van der Waals surface area (Å²) in [7, 11) is 0. The van der Waals surface area contributed by atoms with Crippen molar-refractivity contribution in [2.24, 2.45) is 0 Å². The van der Waals surface area contributed by atoms with Crippen LogP contribution in [0.2, 0.25) is 0 Å². The van der Waals surface area contributed by atoms with Crippen LogP contribution in [0.1, 0.15) is 43.6 Å². The Bertz CT molecular complexity index is 3100. The van der Waals surface area contributed by atoms with Crippen molar-refractivity contribution < 1.29 is 0 Å². The minimum atomic E-state index is 0.651. The highest BCUT2D eigenvalue weighted by Gasteiger charge is 2.22. The molecule has 0 spiro atoms. The van der Waals surface area contributed by atoms with Crippen LogP contribution in [0.15, 0.2) is 237 Å². The van der Waals surface area contributed by atoms with E-state index in [1.54, 1.807) is 0 Å². The first-order valence-corrected chi connectivity index (χ1v) is 22.7. The molecule has 0 atom stereocenters. The van der Waals surface area contributed by atoms with Gasteiger partial charge in [-0.15, -0.1) is 0 Å². The van der Waals surface area contributed by atoms with Crippen LogP contribution in [0.25, 0.3) is 27.5 Å². The number of aromatic nitrogens is 1. The first-order chi connectivity index (χ1) is 31.8. The Morgan fingerprint density at radius 1 is 0.297 bits per heavy atom. The van der Waals surface area contributed by atoms with Crippen molar-refractivity contribution in [1.82, 2.24) is 4.57 Å². The molecule has 0 unspecified atom stereocenters. The number of benzene rings is 9. The summed E-state index contributed by atoms with van der Waals surface area (Å²) in [5.41, 5.74) is 14.7. The molecular formula is C60H50N4. The van der Waals surface area contributed by atoms with Crippen molar-refractivity contribution in [2.75, 3.05) is 14.7 Å². The monoisotopic (exact) mass is 826 g/mol. The van der Waals surface area contributed by atoms with Crippen LogP contribution in [0.5, 0.6) is 0 Å². The molecule has 0 aliphatic heterocycles. The molecule has 9 aromatic carbocycles. The Kier molecular flexibility index (Phi) is 10.7. The second kappa shape index (κ2) is 17.5. The van der Waals surface area contributed by atoms with Gasteiger partial charge in [-0.2, -0.15) is 0 Å². The highest BCUT2D eigenvalue weighted by atomic mass is 15.2. The van der Waals surface area contributed by atoms with Gasteiger partial charge in [0.1, 0.15) is 0 Å². The van der Waals surface area contributed by atoms with E-state index in [1.165, 1.54) is 54.0 Å². The Morgan fingerprint density at radius 2 is 0.688 bits per heavy atom. The van der Waals surface area contributed by atoms with E-state index in [2.05, 4.69) is 256 Å². The molecule has 0 amide bonds. The molecule has 1 aromatic heterocycles. The highest BCUT2D eigenvalue weighted by molar-refractivity contribution is 6.10. The van der Waals surface area contributed by atoms with Crippen LogP contribution in [-0.4, -0.2) is 4.57 Å². The first-order valence-electron chi connectivity index (χ1n) is 22.7. The average molecular weight is 827 g/mol. The largest absolute Gasteiger partial charge is 0.310 e. The minimum absolute atomic E-state index is 0.651. The molecule has 310 valence electrons. The number of nitrogens with zero attached hydrogens (tertiary/aromatic N) is 4. The topological polar surface area (TPSA) is 14.7 Å². The molecule has 0 radical (unpaired) electrons. The molecule has 4 nitrogen and oxygen atoms in total. The van der Waals surface area contributed by atoms with Crippen LogP contribution in [0.4, 0.5) is 51.2 Å². The van der Waals surface area contributed by atoms with Crippen molar-refractivity contribution in [3.05, 3.63) is 242 Å². The fourth-order valence-corrected chi connectivity index (χ4v) is 9.90. The van der Waals surface area contributed by atoms with Gasteiger partial charge in [-0.1, -0.05) is 141 Å². The van der Waals surface area contributed by atoms with Crippen LogP contribution in [0, 0.1) is 0 Å². The van der Waals surface area contributed by atoms with Crippen molar-refractivity contribution in [3.8, 4) is 5.69 Å². The Labute approximate surface area is 376 Å². The molecule has 64 heavy (non-hydrogen) atoms. The second-order valence-corrected chi connectivity index (χ2v) is 16.9. The van der Waals surface area contributed by atoms with Gasteiger partial charge in [0.2, 0.25) is 0 Å². The second-order valence-electron chi connectivity index (χ2n) is 16.9. The normalized spacial score (nSPS) is 12.9. The third-order valence-electron chi connectivity index (χ3n) is 12.9. The van der Waals surface area contributed by atoms with Gasteiger partial charge < -0.3 is 19.3 Å². The zero-order valence-electron chi connectivity index (χ0n) is 35.9. The van der Waals surface area contributed by atoms with E-state index < -0.39 is 0 Å². The molecule has 1 saturated carbocycles. The minimum Gasteiger partial charge on any atom is -0.310 e. The lowest BCUT2D eigenvalue weighted by atomic mass is 9.84. The molecule has 1 aliphatic rings. The molecule has 10 aromatic rings. The van der Waals surface area contributed by atoms with E-state index >= 15 is 0 Å². The summed E-state index contributed by atoms with van der Waals surface area (Å²) in [6, 6.07) is 85.9. The Hall–Kier alpha value is -7.82. The van der Waals surface area contributed by atoms with E-state index in [9.17, 15) is 0 Å². The summed E-state index contributed by atoms with van der Waals surface area (Å²) in [6.45, 7) is 0. The number of rotatable bonds is 11. The first kappa shape index (κ1) is 39.1. The summed E-state index contributed by atoms with van der Waals surface area (Å²) in [5, 5.41) is 2.45. The van der Waals surface area contributed by atoms with Gasteiger partial charge in [-0.3, -0.25) is 0 Å². The summed E-state index contributed by atoms with van der Waals surface area (Å²) in [5.74, 6) is 0.651. The Balaban J connectivity index is 1.10. The molecule has 1 heterocycles. The summed E-state index contributed by atoms with van der Waals surface area (Å²) in [6.07, 6.45) is 6.58. The Morgan fingerprint density at radius 3 is 1.22 bits per heavy atom. The summed E-state index contributed by atoms with van der Waals surface area (Å²) >= 11 is 0. The molecule has 0 bridgehead atoms. The number of hydrogen-bond donors (Lipinski definition) is 0. The van der Waals surface area contributed by atoms with E-state index in [4.69, 9.17) is 0 Å². The lowest BCUT2D eigenvalue weighted by molar-refractivity contribution is 0.443. The number of fused-ring (bicyclic) bond motifs is 3. The van der Waals surface area contributed by atoms with Crippen molar-refractivity contribution in [3.63, 3.8) is 0 Å². The van der Waals surface area contributed by atoms with Gasteiger partial charge in [0.15, 0.2) is 0 Å². The number of anilines is 9. The van der Waals surface area contributed by atoms with Gasteiger partial charge in [0.05, 0.1) is 11.0 Å². The average Bonchev–Trinajstić information content (AvgIpc) is 3.70. The SMILES string of the molecule is c1ccc(N(c2ccccc2)c2cccc(N(c3cccc(N(c4ccccc4)c4ccc(C5CCCCC5)cc4)c3)c3ccc4c5ccccc5n(-c5ccccc5)c4c3)c2)cc1. The van der Waals surface area contributed by atoms with Gasteiger partial charge >= 0.3 is 0 Å². The summed E-state index contributed by atoms with van der Waals surface area (Å²) in [4.78, 5) is 7.15. The molecular weight excluding hydrogens is 777 g/mol. The van der Waals surface area contributed by atoms with E-state index in [1.807, 2.05) is 0 Å². The number of para-hydroxylation sites is 5. The van der Waals surface area contributed by atoms with Crippen LogP contribution >= 0.6 is 0 Å². The van der Waals surface area contributed by atoms with Crippen LogP contribution in [0.3, 0.4) is 0 Å². The maximum absolute atomic E-state index is 2.42. The van der Waals surface area contributed by atoms with E-state index in [0.29, 0.717) is 5.92 Å². The smallest absolute Gasteiger partial charge is 0.0561 e. The zero-order valence-corrected chi connectivity index (χ0v) is 35.9. The van der Waals surface area contributed by atoms with E-state index in [-0.39, 0.29) is 0 Å². The molecule has 1 aliphatic carbocycles. The van der Waals surface area contributed by atoms with Gasteiger partial charge in [-0.25, -0.2) is 0 Å². The molecule has 1 fully saturated rings. The van der Waals surface area contributed by atoms with Gasteiger partial charge in [0, 0.05) is 67.6 Å². The molecule has 4 heteroatoms. The van der Waals surface area contributed by atoms with Crippen LogP contribution in [-0.2, 0) is 0 Å². The third-order valence-corrected chi connectivity index (χ3v) is 12.9. The number of hydrogen-bond acceptors (Lipinski definition) is 3. The quantitative estimate of drug-likeness (QED) is 0.129. The lowest BCUT2D eigenvalue weighted by Crippen LogP contribution is -2.14.